The van der Waals surface area contributed by atoms with E-state index in [2.05, 4.69) is 41.3 Å². The molecule has 100 valence electrons. The average molecular weight is 249 g/mol. The summed E-state index contributed by atoms with van der Waals surface area (Å²) < 4.78 is 0. The van der Waals surface area contributed by atoms with E-state index in [1.807, 2.05) is 13.2 Å². The van der Waals surface area contributed by atoms with Crippen LogP contribution in [0.15, 0.2) is 18.3 Å². The number of nitrogens with one attached hydrogen (secondary N) is 1. The minimum Gasteiger partial charge on any atom is -0.393 e. The first-order valence-corrected chi connectivity index (χ1v) is 6.62. The monoisotopic (exact) mass is 249 g/mol. The van der Waals surface area contributed by atoms with Gasteiger partial charge in [-0.05, 0) is 44.4 Å². The van der Waals surface area contributed by atoms with Gasteiger partial charge in [-0.1, -0.05) is 6.07 Å². The summed E-state index contributed by atoms with van der Waals surface area (Å²) >= 11 is 0. The van der Waals surface area contributed by atoms with Crippen LogP contribution in [-0.4, -0.2) is 36.8 Å². The maximum Gasteiger partial charge on any atom is 0.128 e. The Hall–Kier alpha value is -1.13. The Morgan fingerprint density at radius 2 is 2.22 bits per heavy atom. The molecule has 2 rings (SSSR count). The van der Waals surface area contributed by atoms with Gasteiger partial charge in [-0.2, -0.15) is 0 Å². The van der Waals surface area contributed by atoms with Gasteiger partial charge >= 0.3 is 0 Å². The molecule has 0 spiro atoms. The number of aliphatic hydroxyl groups excluding tert-OH is 1. The van der Waals surface area contributed by atoms with Gasteiger partial charge < -0.3 is 15.3 Å². The summed E-state index contributed by atoms with van der Waals surface area (Å²) in [6, 6.07) is 4.52. The number of nitrogens with zero attached hydrogens (tertiary/aromatic N) is 2. The number of aromatic nitrogens is 1. The van der Waals surface area contributed by atoms with Crippen molar-refractivity contribution >= 4 is 5.82 Å². The summed E-state index contributed by atoms with van der Waals surface area (Å²) in [6.45, 7) is 3.10. The number of hydrogen-bond donors (Lipinski definition) is 2. The van der Waals surface area contributed by atoms with E-state index in [0.29, 0.717) is 12.0 Å². The normalized spacial score (nSPS) is 24.4. The molecule has 18 heavy (non-hydrogen) atoms. The summed E-state index contributed by atoms with van der Waals surface area (Å²) in [5.74, 6) is 1.62. The molecule has 0 bridgehead atoms. The number of hydrogen-bond acceptors (Lipinski definition) is 4. The van der Waals surface area contributed by atoms with Crippen LogP contribution < -0.4 is 10.2 Å². The van der Waals surface area contributed by atoms with Gasteiger partial charge in [0, 0.05) is 25.8 Å². The van der Waals surface area contributed by atoms with Gasteiger partial charge in [0.2, 0.25) is 0 Å². The van der Waals surface area contributed by atoms with E-state index in [4.69, 9.17) is 0 Å². The second-order valence-electron chi connectivity index (χ2n) is 5.33. The lowest BCUT2D eigenvalue weighted by molar-refractivity contribution is 0.0464. The molecule has 1 atom stereocenters. The van der Waals surface area contributed by atoms with Gasteiger partial charge in [-0.3, -0.25) is 0 Å². The minimum atomic E-state index is -0.0739. The van der Waals surface area contributed by atoms with Crippen molar-refractivity contribution in [3.05, 3.63) is 23.9 Å². The highest BCUT2D eigenvalue weighted by Gasteiger charge is 2.28. The lowest BCUT2D eigenvalue weighted by Gasteiger charge is -2.34. The Balaban J connectivity index is 1.92. The van der Waals surface area contributed by atoms with Crippen LogP contribution in [0.25, 0.3) is 0 Å². The van der Waals surface area contributed by atoms with Crippen molar-refractivity contribution in [1.29, 1.82) is 0 Å². The van der Waals surface area contributed by atoms with Crippen LogP contribution in [0.3, 0.4) is 0 Å². The van der Waals surface area contributed by atoms with Gasteiger partial charge in [0.15, 0.2) is 0 Å². The van der Waals surface area contributed by atoms with E-state index in [0.717, 1.165) is 25.2 Å². The van der Waals surface area contributed by atoms with Crippen molar-refractivity contribution in [3.8, 4) is 0 Å². The Kier molecular flexibility index (Phi) is 4.19. The molecule has 1 aromatic heterocycles. The maximum absolute atomic E-state index is 9.29. The van der Waals surface area contributed by atoms with Crippen molar-refractivity contribution in [1.82, 2.24) is 10.3 Å². The molecular weight excluding hydrogens is 226 g/mol. The molecule has 0 aromatic carbocycles. The SMILES string of the molecule is CNC(C)c1ccc(N(C)CC2CC(O)C2)nc1. The van der Waals surface area contributed by atoms with Crippen LogP contribution in [-0.2, 0) is 0 Å². The predicted octanol–water partition coefficient (Wildman–Crippen LogP) is 1.57. The van der Waals surface area contributed by atoms with Gasteiger partial charge in [0.05, 0.1) is 6.10 Å². The zero-order valence-electron chi connectivity index (χ0n) is 11.4. The van der Waals surface area contributed by atoms with Crippen molar-refractivity contribution in [3.63, 3.8) is 0 Å². The zero-order chi connectivity index (χ0) is 13.1. The summed E-state index contributed by atoms with van der Waals surface area (Å²) in [4.78, 5) is 6.67. The van der Waals surface area contributed by atoms with Gasteiger partial charge in [0.25, 0.3) is 0 Å². The Morgan fingerprint density at radius 1 is 1.50 bits per heavy atom. The largest absolute Gasteiger partial charge is 0.393 e. The topological polar surface area (TPSA) is 48.4 Å². The Labute approximate surface area is 109 Å². The maximum atomic E-state index is 9.29. The molecule has 1 saturated carbocycles. The molecule has 0 radical (unpaired) electrons. The number of aliphatic hydroxyl groups is 1. The van der Waals surface area contributed by atoms with E-state index in [1.54, 1.807) is 0 Å². The van der Waals surface area contributed by atoms with E-state index in [-0.39, 0.29) is 6.10 Å². The summed E-state index contributed by atoms with van der Waals surface area (Å²) in [6.07, 6.45) is 3.72. The van der Waals surface area contributed by atoms with Crippen LogP contribution in [0.1, 0.15) is 31.4 Å². The zero-order valence-corrected chi connectivity index (χ0v) is 11.4. The molecule has 1 aromatic rings. The van der Waals surface area contributed by atoms with E-state index >= 15 is 0 Å². The third kappa shape index (κ3) is 3.00. The standard InChI is InChI=1S/C14H23N3O/c1-10(15-2)12-4-5-14(16-8-12)17(3)9-11-6-13(18)7-11/h4-5,8,10-11,13,15,18H,6-7,9H2,1-3H3. The average Bonchev–Trinajstić information content (AvgIpc) is 2.36. The number of pyridine rings is 1. The highest BCUT2D eigenvalue weighted by Crippen LogP contribution is 2.28. The molecule has 1 aliphatic rings. The summed E-state index contributed by atoms with van der Waals surface area (Å²) in [5, 5.41) is 12.5. The van der Waals surface area contributed by atoms with Crippen LogP contribution in [0.5, 0.6) is 0 Å². The third-order valence-electron chi connectivity index (χ3n) is 3.84. The van der Waals surface area contributed by atoms with Crippen LogP contribution in [0.4, 0.5) is 5.82 Å². The number of anilines is 1. The molecule has 0 saturated heterocycles. The van der Waals surface area contributed by atoms with Crippen molar-refractivity contribution in [2.24, 2.45) is 5.92 Å². The first-order chi connectivity index (χ1) is 8.60. The molecule has 1 unspecified atom stereocenters. The highest BCUT2D eigenvalue weighted by atomic mass is 16.3. The second-order valence-corrected chi connectivity index (χ2v) is 5.33. The lowest BCUT2D eigenvalue weighted by atomic mass is 9.82. The van der Waals surface area contributed by atoms with E-state index in [1.165, 1.54) is 5.56 Å². The Bertz CT molecular complexity index is 373. The van der Waals surface area contributed by atoms with Crippen LogP contribution >= 0.6 is 0 Å². The molecule has 1 aliphatic carbocycles. The van der Waals surface area contributed by atoms with Gasteiger partial charge in [-0.25, -0.2) is 4.98 Å². The molecule has 1 fully saturated rings. The van der Waals surface area contributed by atoms with Gasteiger partial charge in [0.1, 0.15) is 5.82 Å². The third-order valence-corrected chi connectivity index (χ3v) is 3.84. The molecule has 0 amide bonds. The minimum absolute atomic E-state index is 0.0739. The fraction of sp³-hybridized carbons (Fsp3) is 0.643. The van der Waals surface area contributed by atoms with E-state index in [9.17, 15) is 5.11 Å². The highest BCUT2D eigenvalue weighted by molar-refractivity contribution is 5.39. The lowest BCUT2D eigenvalue weighted by Crippen LogP contribution is -2.37. The Morgan fingerprint density at radius 3 is 2.72 bits per heavy atom. The first-order valence-electron chi connectivity index (χ1n) is 6.62. The number of rotatable bonds is 5. The first kappa shape index (κ1) is 13.3. The van der Waals surface area contributed by atoms with Crippen molar-refractivity contribution < 1.29 is 5.11 Å². The summed E-state index contributed by atoms with van der Waals surface area (Å²) in [5.41, 5.74) is 1.20. The van der Waals surface area contributed by atoms with Gasteiger partial charge in [-0.15, -0.1) is 0 Å². The van der Waals surface area contributed by atoms with Crippen LogP contribution in [0, 0.1) is 5.92 Å². The predicted molar refractivity (Wildman–Crippen MR) is 73.7 cm³/mol. The molecule has 2 N–H and O–H groups in total. The molecule has 4 nitrogen and oxygen atoms in total. The van der Waals surface area contributed by atoms with Crippen molar-refractivity contribution in [2.45, 2.75) is 31.9 Å². The fourth-order valence-electron chi connectivity index (χ4n) is 2.38. The summed E-state index contributed by atoms with van der Waals surface area (Å²) in [7, 11) is 4.01. The molecule has 1 heterocycles. The van der Waals surface area contributed by atoms with E-state index < -0.39 is 0 Å². The van der Waals surface area contributed by atoms with Crippen LogP contribution in [0.2, 0.25) is 0 Å². The fourth-order valence-corrected chi connectivity index (χ4v) is 2.38. The van der Waals surface area contributed by atoms with Crippen molar-refractivity contribution in [2.75, 3.05) is 25.5 Å². The molecule has 4 heteroatoms. The molecule has 0 aliphatic heterocycles. The second kappa shape index (κ2) is 5.67. The molecular formula is C14H23N3O. The smallest absolute Gasteiger partial charge is 0.128 e. The quantitative estimate of drug-likeness (QED) is 0.831.